The van der Waals surface area contributed by atoms with Crippen molar-refractivity contribution < 1.29 is 9.13 Å². The van der Waals surface area contributed by atoms with E-state index in [0.717, 1.165) is 0 Å². The van der Waals surface area contributed by atoms with E-state index in [2.05, 4.69) is 5.32 Å². The van der Waals surface area contributed by atoms with E-state index in [1.807, 2.05) is 11.5 Å². The molecule has 1 unspecified atom stereocenters. The molecular weight excluding hydrogens is 297 g/mol. The van der Waals surface area contributed by atoms with Gasteiger partial charge in [-0.15, -0.1) is 0 Å². The molecule has 3 N–H and O–H groups in total. The number of nitrogens with one attached hydrogen (secondary N) is 1. The number of halogens is 2. The van der Waals surface area contributed by atoms with E-state index in [1.54, 1.807) is 6.20 Å². The molecular formula is C14H15ClFN3O2. The summed E-state index contributed by atoms with van der Waals surface area (Å²) in [6, 6.07) is 1.20. The van der Waals surface area contributed by atoms with Crippen LogP contribution >= 0.6 is 11.6 Å². The highest BCUT2D eigenvalue weighted by atomic mass is 35.5. The number of pyridine rings is 1. The number of anilines is 1. The number of benzene rings is 1. The zero-order valence-corrected chi connectivity index (χ0v) is 12.2. The molecule has 1 aliphatic rings. The van der Waals surface area contributed by atoms with Crippen LogP contribution in [0.4, 0.5) is 10.1 Å². The highest BCUT2D eigenvalue weighted by Gasteiger charge is 2.26. The Morgan fingerprint density at radius 1 is 1.62 bits per heavy atom. The van der Waals surface area contributed by atoms with E-state index in [-0.39, 0.29) is 22.1 Å². The Balaban J connectivity index is 2.38. The molecule has 0 amide bonds. The molecule has 0 saturated carbocycles. The predicted molar refractivity (Wildman–Crippen MR) is 80.9 cm³/mol. The molecule has 0 saturated heterocycles. The molecule has 0 radical (unpaired) electrons. The van der Waals surface area contributed by atoms with Crippen molar-refractivity contribution in [3.05, 3.63) is 33.3 Å². The molecule has 1 aromatic carbocycles. The van der Waals surface area contributed by atoms with Gasteiger partial charge in [0.2, 0.25) is 5.43 Å². The summed E-state index contributed by atoms with van der Waals surface area (Å²) in [5, 5.41) is 3.21. The molecule has 1 aliphatic heterocycles. The van der Waals surface area contributed by atoms with E-state index in [4.69, 9.17) is 22.1 Å². The fourth-order valence-electron chi connectivity index (χ4n) is 2.55. The standard InChI is InChI=1S/C14H15ClFN3O2/c1-7-6-21-14-11(18-3-2-17)10(16)4-8-12(14)19(7)5-9(15)13(8)20/h4-5,7,18H,2-3,6,17H2,1H3. The first-order valence-corrected chi connectivity index (χ1v) is 7.06. The first kappa shape index (κ1) is 14.2. The van der Waals surface area contributed by atoms with Gasteiger partial charge in [-0.3, -0.25) is 4.79 Å². The van der Waals surface area contributed by atoms with Gasteiger partial charge in [0.25, 0.3) is 0 Å². The van der Waals surface area contributed by atoms with Crippen LogP contribution in [0.3, 0.4) is 0 Å². The topological polar surface area (TPSA) is 69.3 Å². The van der Waals surface area contributed by atoms with Crippen molar-refractivity contribution in [2.24, 2.45) is 5.73 Å². The summed E-state index contributed by atoms with van der Waals surface area (Å²) in [6.07, 6.45) is 1.58. The van der Waals surface area contributed by atoms with E-state index in [0.29, 0.717) is 31.0 Å². The summed E-state index contributed by atoms with van der Waals surface area (Å²) in [5.74, 6) is -0.211. The van der Waals surface area contributed by atoms with Crippen LogP contribution in [0.1, 0.15) is 13.0 Å². The van der Waals surface area contributed by atoms with Crippen LogP contribution in [0.5, 0.6) is 5.75 Å². The average molecular weight is 312 g/mol. The molecule has 21 heavy (non-hydrogen) atoms. The Hall–Kier alpha value is -1.79. The predicted octanol–water partition coefficient (Wildman–Crippen LogP) is 2.12. The van der Waals surface area contributed by atoms with Crippen LogP contribution in [0.25, 0.3) is 10.9 Å². The fourth-order valence-corrected chi connectivity index (χ4v) is 2.76. The molecule has 1 aromatic heterocycles. The Bertz CT molecular complexity index is 775. The Morgan fingerprint density at radius 2 is 2.38 bits per heavy atom. The molecule has 1 atom stereocenters. The molecule has 112 valence electrons. The molecule has 2 heterocycles. The van der Waals surface area contributed by atoms with Gasteiger partial charge < -0.3 is 20.4 Å². The fraction of sp³-hybridized carbons (Fsp3) is 0.357. The molecule has 0 fully saturated rings. The number of hydrogen-bond donors (Lipinski definition) is 2. The van der Waals surface area contributed by atoms with Crippen LogP contribution in [0.2, 0.25) is 5.02 Å². The van der Waals surface area contributed by atoms with Crippen LogP contribution < -0.4 is 21.2 Å². The Kier molecular flexibility index (Phi) is 3.51. The normalized spacial score (nSPS) is 16.9. The van der Waals surface area contributed by atoms with Gasteiger partial charge in [-0.2, -0.15) is 0 Å². The lowest BCUT2D eigenvalue weighted by molar-refractivity contribution is 0.247. The van der Waals surface area contributed by atoms with Crippen molar-refractivity contribution in [3.63, 3.8) is 0 Å². The van der Waals surface area contributed by atoms with Crippen molar-refractivity contribution in [1.82, 2.24) is 4.57 Å². The summed E-state index contributed by atoms with van der Waals surface area (Å²) >= 11 is 5.96. The second kappa shape index (κ2) is 5.20. The van der Waals surface area contributed by atoms with Crippen LogP contribution in [0.15, 0.2) is 17.1 Å². The summed E-state index contributed by atoms with van der Waals surface area (Å²) < 4.78 is 21.8. The van der Waals surface area contributed by atoms with Gasteiger partial charge in [0.05, 0.1) is 16.9 Å². The van der Waals surface area contributed by atoms with Crippen LogP contribution in [0, 0.1) is 5.82 Å². The van der Waals surface area contributed by atoms with Gasteiger partial charge in [0.1, 0.15) is 17.3 Å². The van der Waals surface area contributed by atoms with Crippen molar-refractivity contribution in [2.75, 3.05) is 25.0 Å². The zero-order chi connectivity index (χ0) is 15.1. The number of ether oxygens (including phenoxy) is 1. The second-order valence-electron chi connectivity index (χ2n) is 5.05. The van der Waals surface area contributed by atoms with Gasteiger partial charge in [0.15, 0.2) is 11.6 Å². The van der Waals surface area contributed by atoms with Crippen molar-refractivity contribution in [3.8, 4) is 5.75 Å². The number of nitrogens with zero attached hydrogens (tertiary/aromatic N) is 1. The summed E-state index contributed by atoms with van der Waals surface area (Å²) in [7, 11) is 0. The van der Waals surface area contributed by atoms with Crippen LogP contribution in [-0.2, 0) is 0 Å². The van der Waals surface area contributed by atoms with Crippen molar-refractivity contribution >= 4 is 28.2 Å². The number of hydrogen-bond acceptors (Lipinski definition) is 4. The minimum Gasteiger partial charge on any atom is -0.487 e. The van der Waals surface area contributed by atoms with E-state index < -0.39 is 11.2 Å². The first-order valence-electron chi connectivity index (χ1n) is 6.68. The number of rotatable bonds is 3. The lowest BCUT2D eigenvalue weighted by Crippen LogP contribution is -2.25. The third-order valence-electron chi connectivity index (χ3n) is 3.57. The monoisotopic (exact) mass is 311 g/mol. The van der Waals surface area contributed by atoms with E-state index >= 15 is 0 Å². The minimum atomic E-state index is -0.550. The average Bonchev–Trinajstić information content (AvgIpc) is 2.46. The minimum absolute atomic E-state index is 0.00548. The van der Waals surface area contributed by atoms with Crippen molar-refractivity contribution in [2.45, 2.75) is 13.0 Å². The van der Waals surface area contributed by atoms with Gasteiger partial charge >= 0.3 is 0 Å². The van der Waals surface area contributed by atoms with E-state index in [1.165, 1.54) is 6.07 Å². The molecule has 0 bridgehead atoms. The third kappa shape index (κ3) is 2.15. The van der Waals surface area contributed by atoms with Gasteiger partial charge in [0, 0.05) is 19.3 Å². The highest BCUT2D eigenvalue weighted by molar-refractivity contribution is 6.31. The first-order chi connectivity index (χ1) is 10.0. The molecule has 5 nitrogen and oxygen atoms in total. The zero-order valence-electron chi connectivity index (χ0n) is 11.5. The summed E-state index contributed by atoms with van der Waals surface area (Å²) in [5.41, 5.74) is 5.84. The quantitative estimate of drug-likeness (QED) is 0.911. The molecule has 0 aliphatic carbocycles. The van der Waals surface area contributed by atoms with Gasteiger partial charge in [-0.05, 0) is 13.0 Å². The maximum Gasteiger partial charge on any atom is 0.208 e. The number of aromatic nitrogens is 1. The van der Waals surface area contributed by atoms with Crippen LogP contribution in [-0.4, -0.2) is 24.3 Å². The molecule has 0 spiro atoms. The maximum atomic E-state index is 14.3. The highest BCUT2D eigenvalue weighted by Crippen LogP contribution is 2.39. The van der Waals surface area contributed by atoms with Gasteiger partial charge in [-0.25, -0.2) is 4.39 Å². The molecule has 7 heteroatoms. The molecule has 2 aromatic rings. The van der Waals surface area contributed by atoms with E-state index in [9.17, 15) is 9.18 Å². The Labute approximate surface area is 125 Å². The van der Waals surface area contributed by atoms with Crippen molar-refractivity contribution in [1.29, 1.82) is 0 Å². The smallest absolute Gasteiger partial charge is 0.208 e. The second-order valence-corrected chi connectivity index (χ2v) is 5.45. The lowest BCUT2D eigenvalue weighted by atomic mass is 10.1. The largest absolute Gasteiger partial charge is 0.487 e. The molecule has 3 rings (SSSR count). The SMILES string of the molecule is CC1COc2c(NCCN)c(F)cc3c(=O)c(Cl)cn1c23. The Morgan fingerprint density at radius 3 is 3.10 bits per heavy atom. The third-order valence-corrected chi connectivity index (χ3v) is 3.84. The summed E-state index contributed by atoms with van der Waals surface area (Å²) in [6.45, 7) is 3.09. The maximum absolute atomic E-state index is 14.3. The van der Waals surface area contributed by atoms with Gasteiger partial charge in [-0.1, -0.05) is 11.6 Å². The number of nitrogens with two attached hydrogens (primary N) is 1. The lowest BCUT2D eigenvalue weighted by Gasteiger charge is -2.28. The summed E-state index contributed by atoms with van der Waals surface area (Å²) in [4.78, 5) is 12.1.